The topological polar surface area (TPSA) is 80.0 Å². The van der Waals surface area contributed by atoms with E-state index in [0.717, 1.165) is 11.3 Å². The Kier molecular flexibility index (Phi) is 4.92. The van der Waals surface area contributed by atoms with Gasteiger partial charge >= 0.3 is 0 Å². The third-order valence-corrected chi connectivity index (χ3v) is 3.44. The summed E-state index contributed by atoms with van der Waals surface area (Å²) in [6, 6.07) is 5.82. The number of benzene rings is 1. The third-order valence-electron chi connectivity index (χ3n) is 3.44. The van der Waals surface area contributed by atoms with E-state index in [4.69, 9.17) is 0 Å². The number of aliphatic hydroxyl groups is 1. The first kappa shape index (κ1) is 16.2. The van der Waals surface area contributed by atoms with Crippen LogP contribution in [0.2, 0.25) is 0 Å². The van der Waals surface area contributed by atoms with Crippen molar-refractivity contribution in [2.24, 2.45) is 5.92 Å². The van der Waals surface area contributed by atoms with Gasteiger partial charge in [0.25, 0.3) is 5.91 Å². The predicted octanol–water partition coefficient (Wildman–Crippen LogP) is 1.76. The molecule has 2 N–H and O–H groups in total. The Labute approximate surface area is 130 Å². The van der Waals surface area contributed by atoms with E-state index in [2.05, 4.69) is 15.5 Å². The average Bonchev–Trinajstić information content (AvgIpc) is 2.92. The minimum atomic E-state index is -0.324. The average molecular weight is 302 g/mol. The lowest BCUT2D eigenvalue weighted by molar-refractivity contribution is 0.0940. The van der Waals surface area contributed by atoms with Crippen LogP contribution in [-0.4, -0.2) is 32.6 Å². The van der Waals surface area contributed by atoms with Gasteiger partial charge in [-0.3, -0.25) is 4.79 Å². The molecule has 0 fully saturated rings. The molecule has 0 spiro atoms. The van der Waals surface area contributed by atoms with Gasteiger partial charge in [0, 0.05) is 6.54 Å². The van der Waals surface area contributed by atoms with Gasteiger partial charge in [0.05, 0.1) is 12.3 Å². The van der Waals surface area contributed by atoms with Crippen molar-refractivity contribution in [3.63, 3.8) is 0 Å². The van der Waals surface area contributed by atoms with Crippen LogP contribution < -0.4 is 5.32 Å². The van der Waals surface area contributed by atoms with E-state index in [1.807, 2.05) is 45.9 Å². The molecule has 0 saturated heterocycles. The number of aromatic nitrogens is 3. The van der Waals surface area contributed by atoms with Crippen LogP contribution in [0.25, 0.3) is 5.69 Å². The molecule has 1 aromatic carbocycles. The predicted molar refractivity (Wildman–Crippen MR) is 83.9 cm³/mol. The number of carbonyl (C=O) groups excluding carboxylic acids is 1. The maximum atomic E-state index is 12.2. The van der Waals surface area contributed by atoms with Crippen molar-refractivity contribution in [3.8, 4) is 5.69 Å². The van der Waals surface area contributed by atoms with Crippen molar-refractivity contribution in [3.05, 3.63) is 40.7 Å². The smallest absolute Gasteiger partial charge is 0.273 e. The standard InChI is InChI=1S/C16H22N4O2/c1-10(2)8-17-16(22)15-14(9-21)18-20(19-15)13-6-5-11(3)12(4)7-13/h5-7,10,21H,8-9H2,1-4H3,(H,17,22). The molecule has 0 aliphatic heterocycles. The Morgan fingerprint density at radius 2 is 2.00 bits per heavy atom. The van der Waals surface area contributed by atoms with E-state index in [-0.39, 0.29) is 23.9 Å². The molecule has 0 saturated carbocycles. The molecule has 0 bridgehead atoms. The van der Waals surface area contributed by atoms with E-state index >= 15 is 0 Å². The molecule has 1 heterocycles. The zero-order valence-corrected chi connectivity index (χ0v) is 13.4. The fraction of sp³-hybridized carbons (Fsp3) is 0.438. The minimum Gasteiger partial charge on any atom is -0.390 e. The third kappa shape index (κ3) is 3.51. The Bertz CT molecular complexity index is 677. The van der Waals surface area contributed by atoms with Crippen LogP contribution in [-0.2, 0) is 6.61 Å². The van der Waals surface area contributed by atoms with Crippen molar-refractivity contribution in [1.82, 2.24) is 20.3 Å². The molecular formula is C16H22N4O2. The first-order chi connectivity index (χ1) is 10.4. The van der Waals surface area contributed by atoms with Gasteiger partial charge in [-0.1, -0.05) is 19.9 Å². The molecule has 1 amide bonds. The number of nitrogens with one attached hydrogen (secondary N) is 1. The zero-order chi connectivity index (χ0) is 16.3. The molecule has 22 heavy (non-hydrogen) atoms. The quantitative estimate of drug-likeness (QED) is 0.882. The van der Waals surface area contributed by atoms with Crippen LogP contribution in [0, 0.1) is 19.8 Å². The Morgan fingerprint density at radius 3 is 2.59 bits per heavy atom. The molecule has 6 heteroatoms. The van der Waals surface area contributed by atoms with Crippen LogP contribution in [0.5, 0.6) is 0 Å². The molecule has 2 aromatic rings. The summed E-state index contributed by atoms with van der Waals surface area (Å²) in [4.78, 5) is 13.5. The normalized spacial score (nSPS) is 11.0. The van der Waals surface area contributed by atoms with E-state index < -0.39 is 0 Å². The molecular weight excluding hydrogens is 280 g/mol. The van der Waals surface area contributed by atoms with Gasteiger partial charge in [-0.05, 0) is 43.0 Å². The van der Waals surface area contributed by atoms with Crippen LogP contribution in [0.15, 0.2) is 18.2 Å². The van der Waals surface area contributed by atoms with Crippen LogP contribution >= 0.6 is 0 Å². The first-order valence-electron chi connectivity index (χ1n) is 7.35. The van der Waals surface area contributed by atoms with E-state index in [9.17, 15) is 9.90 Å². The summed E-state index contributed by atoms with van der Waals surface area (Å²) in [7, 11) is 0. The lowest BCUT2D eigenvalue weighted by atomic mass is 10.1. The summed E-state index contributed by atoms with van der Waals surface area (Å²) < 4.78 is 0. The fourth-order valence-electron chi connectivity index (χ4n) is 1.97. The van der Waals surface area contributed by atoms with Gasteiger partial charge in [0.15, 0.2) is 5.69 Å². The Balaban J connectivity index is 2.31. The summed E-state index contributed by atoms with van der Waals surface area (Å²) in [5.41, 5.74) is 3.50. The van der Waals surface area contributed by atoms with Crippen molar-refractivity contribution >= 4 is 5.91 Å². The molecule has 6 nitrogen and oxygen atoms in total. The summed E-state index contributed by atoms with van der Waals surface area (Å²) in [6.07, 6.45) is 0. The number of carbonyl (C=O) groups is 1. The number of nitrogens with zero attached hydrogens (tertiary/aromatic N) is 3. The minimum absolute atomic E-state index is 0.168. The zero-order valence-electron chi connectivity index (χ0n) is 13.4. The monoisotopic (exact) mass is 302 g/mol. The molecule has 0 aliphatic rings. The number of aryl methyl sites for hydroxylation is 2. The summed E-state index contributed by atoms with van der Waals surface area (Å²) >= 11 is 0. The first-order valence-corrected chi connectivity index (χ1v) is 7.35. The van der Waals surface area contributed by atoms with Crippen molar-refractivity contribution in [1.29, 1.82) is 0 Å². The Morgan fingerprint density at radius 1 is 1.27 bits per heavy atom. The highest BCUT2D eigenvalue weighted by Crippen LogP contribution is 2.14. The van der Waals surface area contributed by atoms with E-state index in [1.165, 1.54) is 10.4 Å². The second-order valence-electron chi connectivity index (χ2n) is 5.82. The van der Waals surface area contributed by atoms with Gasteiger partial charge in [-0.2, -0.15) is 4.80 Å². The van der Waals surface area contributed by atoms with Crippen LogP contribution in [0.4, 0.5) is 0 Å². The van der Waals surface area contributed by atoms with Gasteiger partial charge < -0.3 is 10.4 Å². The molecule has 0 radical (unpaired) electrons. The summed E-state index contributed by atoms with van der Waals surface area (Å²) in [5.74, 6) is 0.0316. The molecule has 1 aromatic heterocycles. The van der Waals surface area contributed by atoms with Gasteiger partial charge in [0.2, 0.25) is 0 Å². The molecule has 118 valence electrons. The molecule has 2 rings (SSSR count). The van der Waals surface area contributed by atoms with Crippen molar-refractivity contribution < 1.29 is 9.90 Å². The van der Waals surface area contributed by atoms with Crippen molar-refractivity contribution in [2.45, 2.75) is 34.3 Å². The van der Waals surface area contributed by atoms with Crippen LogP contribution in [0.1, 0.15) is 41.2 Å². The fourth-order valence-corrected chi connectivity index (χ4v) is 1.97. The van der Waals surface area contributed by atoms with Gasteiger partial charge in [-0.15, -0.1) is 10.2 Å². The van der Waals surface area contributed by atoms with Gasteiger partial charge in [0.1, 0.15) is 5.69 Å². The molecule has 0 aliphatic carbocycles. The number of hydrogen-bond donors (Lipinski definition) is 2. The Hall–Kier alpha value is -2.21. The second-order valence-corrected chi connectivity index (χ2v) is 5.82. The van der Waals surface area contributed by atoms with Crippen molar-refractivity contribution in [2.75, 3.05) is 6.54 Å². The number of aliphatic hydroxyl groups excluding tert-OH is 1. The van der Waals surface area contributed by atoms with Gasteiger partial charge in [-0.25, -0.2) is 0 Å². The number of amides is 1. The summed E-state index contributed by atoms with van der Waals surface area (Å²) in [5, 5.41) is 20.6. The largest absolute Gasteiger partial charge is 0.390 e. The molecule has 0 unspecified atom stereocenters. The molecule has 0 atom stereocenters. The summed E-state index contributed by atoms with van der Waals surface area (Å²) in [6.45, 7) is 8.29. The highest BCUT2D eigenvalue weighted by atomic mass is 16.3. The second kappa shape index (κ2) is 6.70. The highest BCUT2D eigenvalue weighted by Gasteiger charge is 2.18. The maximum Gasteiger partial charge on any atom is 0.273 e. The van der Waals surface area contributed by atoms with E-state index in [0.29, 0.717) is 12.5 Å². The number of rotatable bonds is 5. The van der Waals surface area contributed by atoms with E-state index in [1.54, 1.807) is 0 Å². The SMILES string of the molecule is Cc1ccc(-n2nc(CO)c(C(=O)NCC(C)C)n2)cc1C. The highest BCUT2D eigenvalue weighted by molar-refractivity contribution is 5.93. The van der Waals surface area contributed by atoms with Crippen LogP contribution in [0.3, 0.4) is 0 Å². The number of hydrogen-bond acceptors (Lipinski definition) is 4. The lowest BCUT2D eigenvalue weighted by Gasteiger charge is -2.06. The lowest BCUT2D eigenvalue weighted by Crippen LogP contribution is -2.28. The maximum absolute atomic E-state index is 12.2.